The van der Waals surface area contributed by atoms with Gasteiger partial charge in [-0.25, -0.2) is 8.42 Å². The lowest BCUT2D eigenvalue weighted by Gasteiger charge is -2.35. The highest BCUT2D eigenvalue weighted by Crippen LogP contribution is 2.21. The van der Waals surface area contributed by atoms with E-state index in [0.717, 1.165) is 5.75 Å². The summed E-state index contributed by atoms with van der Waals surface area (Å²) in [6.45, 7) is 2.25. The molecule has 17 heavy (non-hydrogen) atoms. The molecule has 1 saturated heterocycles. The summed E-state index contributed by atoms with van der Waals surface area (Å²) < 4.78 is 23.7. The van der Waals surface area contributed by atoms with E-state index in [9.17, 15) is 13.2 Å². The third-order valence-electron chi connectivity index (χ3n) is 2.76. The lowest BCUT2D eigenvalue weighted by Crippen LogP contribution is -2.53. The lowest BCUT2D eigenvalue weighted by atomic mass is 10.3. The molecule has 6 nitrogen and oxygen atoms in total. The fourth-order valence-corrected chi connectivity index (χ4v) is 4.77. The number of sulfone groups is 1. The maximum absolute atomic E-state index is 11.9. The molecule has 0 aromatic rings. The number of carboxylic acids is 1. The molecule has 2 atom stereocenters. The number of nitrogens with two attached hydrogens (primary N) is 1. The Labute approximate surface area is 105 Å². The molecule has 0 amide bonds. The Balaban J connectivity index is 2.77. The van der Waals surface area contributed by atoms with E-state index in [1.165, 1.54) is 0 Å². The van der Waals surface area contributed by atoms with Gasteiger partial charge in [0.15, 0.2) is 9.84 Å². The molecule has 0 saturated carbocycles. The quantitative estimate of drug-likeness (QED) is 0.681. The molecular formula is C9H18N2O4S2. The SMILES string of the molecule is CCS(=O)(=O)C1CSCCN1CC(N)C(=O)O. The van der Waals surface area contributed by atoms with E-state index in [1.54, 1.807) is 23.6 Å². The van der Waals surface area contributed by atoms with Crippen LogP contribution in [0.1, 0.15) is 6.92 Å². The van der Waals surface area contributed by atoms with Crippen molar-refractivity contribution in [1.82, 2.24) is 4.90 Å². The largest absolute Gasteiger partial charge is 0.480 e. The summed E-state index contributed by atoms with van der Waals surface area (Å²) in [6, 6.07) is -1.03. The van der Waals surface area contributed by atoms with Gasteiger partial charge in [0.2, 0.25) is 0 Å². The van der Waals surface area contributed by atoms with Gasteiger partial charge >= 0.3 is 5.97 Å². The van der Waals surface area contributed by atoms with Crippen LogP contribution in [0.2, 0.25) is 0 Å². The van der Waals surface area contributed by atoms with Gasteiger partial charge in [-0.3, -0.25) is 9.69 Å². The summed E-state index contributed by atoms with van der Waals surface area (Å²) in [7, 11) is -3.19. The molecule has 8 heteroatoms. The summed E-state index contributed by atoms with van der Waals surface area (Å²) >= 11 is 1.58. The molecule has 0 aromatic heterocycles. The van der Waals surface area contributed by atoms with Gasteiger partial charge in [-0.05, 0) is 0 Å². The van der Waals surface area contributed by atoms with Crippen LogP contribution in [0.4, 0.5) is 0 Å². The molecule has 0 radical (unpaired) electrons. The van der Waals surface area contributed by atoms with Crippen LogP contribution >= 0.6 is 11.8 Å². The van der Waals surface area contributed by atoms with E-state index in [-0.39, 0.29) is 12.3 Å². The Kier molecular flexibility index (Phi) is 5.23. The van der Waals surface area contributed by atoms with Gasteiger partial charge < -0.3 is 10.8 Å². The van der Waals surface area contributed by atoms with E-state index < -0.39 is 27.2 Å². The van der Waals surface area contributed by atoms with Crippen molar-refractivity contribution < 1.29 is 18.3 Å². The van der Waals surface area contributed by atoms with Crippen LogP contribution in [0.3, 0.4) is 0 Å². The molecule has 100 valence electrons. The smallest absolute Gasteiger partial charge is 0.321 e. The van der Waals surface area contributed by atoms with Crippen molar-refractivity contribution in [3.8, 4) is 0 Å². The molecule has 2 unspecified atom stereocenters. The van der Waals surface area contributed by atoms with Crippen molar-refractivity contribution in [3.05, 3.63) is 0 Å². The van der Waals surface area contributed by atoms with Crippen molar-refractivity contribution >= 4 is 27.6 Å². The monoisotopic (exact) mass is 282 g/mol. The predicted octanol–water partition coefficient (Wildman–Crippen LogP) is -0.792. The zero-order chi connectivity index (χ0) is 13.1. The van der Waals surface area contributed by atoms with Crippen molar-refractivity contribution in [2.24, 2.45) is 5.73 Å². The molecule has 1 rings (SSSR count). The highest BCUT2D eigenvalue weighted by atomic mass is 32.2. The van der Waals surface area contributed by atoms with Crippen LogP contribution in [0.15, 0.2) is 0 Å². The third-order valence-corrected chi connectivity index (χ3v) is 6.09. The minimum Gasteiger partial charge on any atom is -0.480 e. The Morgan fingerprint density at radius 3 is 2.82 bits per heavy atom. The van der Waals surface area contributed by atoms with Gasteiger partial charge in [0.1, 0.15) is 11.4 Å². The van der Waals surface area contributed by atoms with Crippen LogP contribution in [-0.2, 0) is 14.6 Å². The zero-order valence-corrected chi connectivity index (χ0v) is 11.3. The zero-order valence-electron chi connectivity index (χ0n) is 9.70. The molecule has 0 spiro atoms. The molecular weight excluding hydrogens is 264 g/mol. The van der Waals surface area contributed by atoms with E-state index in [4.69, 9.17) is 10.8 Å². The van der Waals surface area contributed by atoms with Crippen molar-refractivity contribution in [2.45, 2.75) is 18.3 Å². The molecule has 1 aliphatic rings. The Hall–Kier alpha value is -0.310. The highest BCUT2D eigenvalue weighted by Gasteiger charge is 2.34. The molecule has 0 bridgehead atoms. The lowest BCUT2D eigenvalue weighted by molar-refractivity contribution is -0.139. The average Bonchev–Trinajstić information content (AvgIpc) is 2.29. The molecule has 0 aromatic carbocycles. The molecule has 0 aliphatic carbocycles. The summed E-state index contributed by atoms with van der Waals surface area (Å²) in [5.41, 5.74) is 5.45. The van der Waals surface area contributed by atoms with E-state index in [1.807, 2.05) is 0 Å². The number of hydrogen-bond donors (Lipinski definition) is 2. The average molecular weight is 282 g/mol. The Bertz CT molecular complexity index is 371. The first kappa shape index (κ1) is 14.7. The number of rotatable bonds is 5. The fraction of sp³-hybridized carbons (Fsp3) is 0.889. The first-order chi connectivity index (χ1) is 7.88. The number of carbonyl (C=O) groups is 1. The second-order valence-electron chi connectivity index (χ2n) is 3.92. The molecule has 1 aliphatic heterocycles. The predicted molar refractivity (Wildman–Crippen MR) is 67.8 cm³/mol. The van der Waals surface area contributed by atoms with Gasteiger partial charge in [0.05, 0.1) is 0 Å². The van der Waals surface area contributed by atoms with Crippen LogP contribution < -0.4 is 5.73 Å². The second-order valence-corrected chi connectivity index (χ2v) is 7.52. The third kappa shape index (κ3) is 3.84. The van der Waals surface area contributed by atoms with Gasteiger partial charge in [0.25, 0.3) is 0 Å². The summed E-state index contributed by atoms with van der Waals surface area (Å²) in [4.78, 5) is 12.4. The number of nitrogens with zero attached hydrogens (tertiary/aromatic N) is 1. The van der Waals surface area contributed by atoms with Gasteiger partial charge in [-0.2, -0.15) is 11.8 Å². The highest BCUT2D eigenvalue weighted by molar-refractivity contribution is 8.01. The van der Waals surface area contributed by atoms with Crippen LogP contribution in [0.25, 0.3) is 0 Å². The van der Waals surface area contributed by atoms with Crippen LogP contribution in [0, 0.1) is 0 Å². The second kappa shape index (κ2) is 6.03. The Morgan fingerprint density at radius 2 is 2.29 bits per heavy atom. The number of carboxylic acid groups (broad SMARTS) is 1. The van der Waals surface area contributed by atoms with Gasteiger partial charge in [0, 0.05) is 30.3 Å². The van der Waals surface area contributed by atoms with E-state index >= 15 is 0 Å². The topological polar surface area (TPSA) is 101 Å². The minimum atomic E-state index is -3.19. The first-order valence-electron chi connectivity index (χ1n) is 5.40. The summed E-state index contributed by atoms with van der Waals surface area (Å²) in [5, 5.41) is 8.15. The summed E-state index contributed by atoms with van der Waals surface area (Å²) in [6.07, 6.45) is 0. The van der Waals surface area contributed by atoms with Gasteiger partial charge in [-0.15, -0.1) is 0 Å². The Morgan fingerprint density at radius 1 is 1.65 bits per heavy atom. The molecule has 1 heterocycles. The van der Waals surface area contributed by atoms with Crippen molar-refractivity contribution in [1.29, 1.82) is 0 Å². The van der Waals surface area contributed by atoms with E-state index in [2.05, 4.69) is 0 Å². The minimum absolute atomic E-state index is 0.0665. The molecule has 3 N–H and O–H groups in total. The maximum atomic E-state index is 11.9. The van der Waals surface area contributed by atoms with Gasteiger partial charge in [-0.1, -0.05) is 6.92 Å². The normalized spacial score (nSPS) is 24.5. The first-order valence-corrected chi connectivity index (χ1v) is 8.27. The number of hydrogen-bond acceptors (Lipinski definition) is 6. The van der Waals surface area contributed by atoms with Crippen molar-refractivity contribution in [2.75, 3.05) is 30.3 Å². The fourth-order valence-electron chi connectivity index (χ4n) is 1.68. The maximum Gasteiger partial charge on any atom is 0.321 e. The van der Waals surface area contributed by atoms with Crippen LogP contribution in [-0.4, -0.2) is 66.2 Å². The number of thioether (sulfide) groups is 1. The summed E-state index contributed by atoms with van der Waals surface area (Å²) in [5.74, 6) is 0.262. The standard InChI is InChI=1S/C9H18N2O4S2/c1-2-17(14,15)8-6-16-4-3-11(8)5-7(10)9(12)13/h7-8H,2-6,10H2,1H3,(H,12,13). The van der Waals surface area contributed by atoms with E-state index in [0.29, 0.717) is 12.3 Å². The number of aliphatic carboxylic acids is 1. The van der Waals surface area contributed by atoms with Crippen molar-refractivity contribution in [3.63, 3.8) is 0 Å². The molecule has 1 fully saturated rings. The van der Waals surface area contributed by atoms with Crippen LogP contribution in [0.5, 0.6) is 0 Å².